The zero-order valence-electron chi connectivity index (χ0n) is 13.3. The second kappa shape index (κ2) is 6.41. The molecule has 10 heteroatoms. The van der Waals surface area contributed by atoms with E-state index in [1.807, 2.05) is 4.90 Å². The number of hydrogen-bond donors (Lipinski definition) is 0. The van der Waals surface area contributed by atoms with Crippen LogP contribution in [0.15, 0.2) is 28.8 Å². The standard InChI is InChI=1S/C15H16F3N3O3S/c1-21(12-6-7-25(22,23)9-12)8-13-19-14(20-24-13)10-2-4-11(5-3-10)15(16,17)18/h2-5,12H,6-9H2,1H3/t12-/m1/s1. The molecule has 0 saturated carbocycles. The zero-order chi connectivity index (χ0) is 18.2. The van der Waals surface area contributed by atoms with Crippen molar-refractivity contribution in [2.75, 3.05) is 18.6 Å². The van der Waals surface area contributed by atoms with E-state index in [9.17, 15) is 21.6 Å². The lowest BCUT2D eigenvalue weighted by atomic mass is 10.1. The number of aromatic nitrogens is 2. The quantitative estimate of drug-likeness (QED) is 0.817. The van der Waals surface area contributed by atoms with Gasteiger partial charge in [-0.15, -0.1) is 0 Å². The molecule has 1 aromatic carbocycles. The predicted molar refractivity (Wildman–Crippen MR) is 83.3 cm³/mol. The van der Waals surface area contributed by atoms with Crippen molar-refractivity contribution in [1.29, 1.82) is 0 Å². The van der Waals surface area contributed by atoms with E-state index in [-0.39, 0.29) is 35.8 Å². The smallest absolute Gasteiger partial charge is 0.338 e. The number of alkyl halides is 3. The maximum Gasteiger partial charge on any atom is 0.416 e. The van der Waals surface area contributed by atoms with Gasteiger partial charge in [-0.25, -0.2) is 8.42 Å². The Bertz CT molecular complexity index is 847. The van der Waals surface area contributed by atoms with Gasteiger partial charge in [0.05, 0.1) is 23.6 Å². The van der Waals surface area contributed by atoms with Crippen LogP contribution in [-0.4, -0.2) is 48.1 Å². The van der Waals surface area contributed by atoms with Crippen molar-refractivity contribution in [2.45, 2.75) is 25.2 Å². The van der Waals surface area contributed by atoms with E-state index in [1.54, 1.807) is 7.05 Å². The Morgan fingerprint density at radius 2 is 1.96 bits per heavy atom. The minimum atomic E-state index is -4.40. The lowest BCUT2D eigenvalue weighted by molar-refractivity contribution is -0.137. The summed E-state index contributed by atoms with van der Waals surface area (Å²) in [5.74, 6) is 0.740. The maximum atomic E-state index is 12.6. The van der Waals surface area contributed by atoms with Crippen LogP contribution in [0.5, 0.6) is 0 Å². The van der Waals surface area contributed by atoms with Crippen LogP contribution >= 0.6 is 0 Å². The second-order valence-electron chi connectivity index (χ2n) is 6.06. The first-order valence-electron chi connectivity index (χ1n) is 7.55. The van der Waals surface area contributed by atoms with Crippen molar-refractivity contribution in [2.24, 2.45) is 0 Å². The third kappa shape index (κ3) is 4.18. The van der Waals surface area contributed by atoms with E-state index in [0.29, 0.717) is 12.0 Å². The Kier molecular flexibility index (Phi) is 4.58. The lowest BCUT2D eigenvalue weighted by Crippen LogP contribution is -2.32. The predicted octanol–water partition coefficient (Wildman–Crippen LogP) is 2.37. The summed E-state index contributed by atoms with van der Waals surface area (Å²) in [5.41, 5.74) is -0.337. The van der Waals surface area contributed by atoms with Gasteiger partial charge in [-0.1, -0.05) is 17.3 Å². The highest BCUT2D eigenvalue weighted by Gasteiger charge is 2.32. The number of halogens is 3. The number of benzene rings is 1. The Balaban J connectivity index is 1.68. The lowest BCUT2D eigenvalue weighted by Gasteiger charge is -2.20. The highest BCUT2D eigenvalue weighted by molar-refractivity contribution is 7.91. The fourth-order valence-corrected chi connectivity index (χ4v) is 4.52. The molecule has 2 aromatic rings. The van der Waals surface area contributed by atoms with Crippen molar-refractivity contribution < 1.29 is 26.1 Å². The molecule has 1 fully saturated rings. The normalized spacial score (nSPS) is 20.3. The molecular formula is C15H16F3N3O3S. The van der Waals surface area contributed by atoms with Gasteiger partial charge in [0.25, 0.3) is 0 Å². The largest absolute Gasteiger partial charge is 0.416 e. The molecule has 2 heterocycles. The third-order valence-electron chi connectivity index (χ3n) is 4.15. The summed E-state index contributed by atoms with van der Waals surface area (Å²) in [6.07, 6.45) is -3.84. The second-order valence-corrected chi connectivity index (χ2v) is 8.29. The van der Waals surface area contributed by atoms with Gasteiger partial charge in [0, 0.05) is 11.6 Å². The maximum absolute atomic E-state index is 12.6. The molecule has 1 atom stereocenters. The molecule has 1 aliphatic rings. The van der Waals surface area contributed by atoms with E-state index in [2.05, 4.69) is 10.1 Å². The molecule has 0 amide bonds. The first kappa shape index (κ1) is 17.9. The van der Waals surface area contributed by atoms with Crippen molar-refractivity contribution in [3.63, 3.8) is 0 Å². The summed E-state index contributed by atoms with van der Waals surface area (Å²) in [6.45, 7) is 0.272. The highest BCUT2D eigenvalue weighted by Crippen LogP contribution is 2.30. The molecule has 0 N–H and O–H groups in total. The third-order valence-corrected chi connectivity index (χ3v) is 5.91. The average Bonchev–Trinajstić information content (AvgIpc) is 3.13. The van der Waals surface area contributed by atoms with Crippen molar-refractivity contribution in [1.82, 2.24) is 15.0 Å². The summed E-state index contributed by atoms with van der Waals surface area (Å²) >= 11 is 0. The van der Waals surface area contributed by atoms with Crippen molar-refractivity contribution >= 4 is 9.84 Å². The molecule has 0 radical (unpaired) electrons. The number of hydrogen-bond acceptors (Lipinski definition) is 6. The van der Waals surface area contributed by atoms with Crippen molar-refractivity contribution in [3.8, 4) is 11.4 Å². The van der Waals surface area contributed by atoms with Crippen LogP contribution in [0, 0.1) is 0 Å². The fourth-order valence-electron chi connectivity index (χ4n) is 2.71. The topological polar surface area (TPSA) is 76.3 Å². The minimum absolute atomic E-state index is 0.101. The van der Waals surface area contributed by atoms with E-state index in [0.717, 1.165) is 12.1 Å². The molecule has 25 heavy (non-hydrogen) atoms. The minimum Gasteiger partial charge on any atom is -0.338 e. The highest BCUT2D eigenvalue weighted by atomic mass is 32.2. The van der Waals surface area contributed by atoms with Crippen LogP contribution in [0.1, 0.15) is 17.9 Å². The van der Waals surface area contributed by atoms with Crippen LogP contribution in [0.2, 0.25) is 0 Å². The van der Waals surface area contributed by atoms with E-state index in [4.69, 9.17) is 4.52 Å². The molecule has 0 unspecified atom stereocenters. The molecule has 0 spiro atoms. The molecule has 1 aliphatic heterocycles. The molecule has 0 bridgehead atoms. The van der Waals surface area contributed by atoms with Crippen molar-refractivity contribution in [3.05, 3.63) is 35.7 Å². The summed E-state index contributed by atoms with van der Waals surface area (Å²) in [5, 5.41) is 3.77. The molecule has 1 saturated heterocycles. The van der Waals surface area contributed by atoms with E-state index in [1.165, 1.54) is 12.1 Å². The van der Waals surface area contributed by atoms with Gasteiger partial charge in [0.2, 0.25) is 11.7 Å². The van der Waals surface area contributed by atoms with Gasteiger partial charge in [0.1, 0.15) is 0 Å². The number of rotatable bonds is 4. The zero-order valence-corrected chi connectivity index (χ0v) is 14.1. The van der Waals surface area contributed by atoms with Crippen LogP contribution in [0.3, 0.4) is 0 Å². The monoisotopic (exact) mass is 375 g/mol. The molecule has 0 aliphatic carbocycles. The summed E-state index contributed by atoms with van der Waals surface area (Å²) in [7, 11) is -1.22. The molecular weight excluding hydrogens is 359 g/mol. The molecule has 1 aromatic heterocycles. The SMILES string of the molecule is CN(Cc1nc(-c2ccc(C(F)(F)F)cc2)no1)[C@@H]1CCS(=O)(=O)C1. The number of sulfone groups is 1. The van der Waals surface area contributed by atoms with Crippen LogP contribution < -0.4 is 0 Å². The molecule has 136 valence electrons. The molecule has 6 nitrogen and oxygen atoms in total. The number of nitrogens with zero attached hydrogens (tertiary/aromatic N) is 3. The summed E-state index contributed by atoms with van der Waals surface area (Å²) < 4.78 is 65.9. The molecule has 3 rings (SSSR count). The van der Waals surface area contributed by atoms with Gasteiger partial charge in [-0.05, 0) is 25.6 Å². The van der Waals surface area contributed by atoms with Gasteiger partial charge < -0.3 is 4.52 Å². The first-order chi connectivity index (χ1) is 11.6. The Morgan fingerprint density at radius 1 is 1.28 bits per heavy atom. The van der Waals surface area contributed by atoms with Gasteiger partial charge in [-0.3, -0.25) is 4.90 Å². The Labute approximate surface area is 142 Å². The van der Waals surface area contributed by atoms with E-state index < -0.39 is 21.6 Å². The van der Waals surface area contributed by atoms with Crippen LogP contribution in [-0.2, 0) is 22.6 Å². The summed E-state index contributed by atoms with van der Waals surface area (Å²) in [4.78, 5) is 6.00. The average molecular weight is 375 g/mol. The summed E-state index contributed by atoms with van der Waals surface area (Å²) in [6, 6.07) is 4.38. The van der Waals surface area contributed by atoms with Gasteiger partial charge in [0.15, 0.2) is 9.84 Å². The van der Waals surface area contributed by atoms with Crippen LogP contribution in [0.25, 0.3) is 11.4 Å². The first-order valence-corrected chi connectivity index (χ1v) is 9.37. The van der Waals surface area contributed by atoms with Crippen LogP contribution in [0.4, 0.5) is 13.2 Å². The van der Waals surface area contributed by atoms with Gasteiger partial charge in [-0.2, -0.15) is 18.2 Å². The Morgan fingerprint density at radius 3 is 2.52 bits per heavy atom. The van der Waals surface area contributed by atoms with E-state index >= 15 is 0 Å². The van der Waals surface area contributed by atoms with Gasteiger partial charge >= 0.3 is 6.18 Å². The fraction of sp³-hybridized carbons (Fsp3) is 0.467. The Hall–Kier alpha value is -1.94.